The van der Waals surface area contributed by atoms with Crippen LogP contribution < -0.4 is 10.5 Å². The van der Waals surface area contributed by atoms with Crippen LogP contribution in [0.25, 0.3) is 0 Å². The van der Waals surface area contributed by atoms with Gasteiger partial charge < -0.3 is 15.2 Å². The van der Waals surface area contributed by atoms with Crippen molar-refractivity contribution in [2.45, 2.75) is 6.36 Å². The molecule has 0 saturated heterocycles. The van der Waals surface area contributed by atoms with Crippen LogP contribution in [0.2, 0.25) is 0 Å². The largest absolute Gasteiger partial charge is 0.522 e. The second kappa shape index (κ2) is 6.83. The van der Waals surface area contributed by atoms with Gasteiger partial charge in [-0.25, -0.2) is 4.79 Å². The van der Waals surface area contributed by atoms with E-state index in [-0.39, 0.29) is 0 Å². The molecule has 0 radical (unpaired) electrons. The Morgan fingerprint density at radius 2 is 1.89 bits per heavy atom. The average Bonchev–Trinajstić information content (AvgIpc) is 2.32. The molecule has 0 fully saturated rings. The summed E-state index contributed by atoms with van der Waals surface area (Å²) in [5.74, 6) is -0.514. The van der Waals surface area contributed by atoms with E-state index in [2.05, 4.69) is 9.47 Å². The lowest BCUT2D eigenvalue weighted by molar-refractivity contribution is -0.326. The van der Waals surface area contributed by atoms with Crippen LogP contribution in [0.3, 0.4) is 0 Å². The second-order valence-corrected chi connectivity index (χ2v) is 3.34. The zero-order valence-electron chi connectivity index (χ0n) is 9.77. The Morgan fingerprint density at radius 1 is 1.21 bits per heavy atom. The molecule has 1 rings (SSSR count). The third-order valence-corrected chi connectivity index (χ3v) is 1.88. The van der Waals surface area contributed by atoms with Crippen molar-refractivity contribution < 1.29 is 32.2 Å². The minimum absolute atomic E-state index is 0.297. The van der Waals surface area contributed by atoms with Gasteiger partial charge in [-0.1, -0.05) is 12.1 Å². The molecular weight excluding hydrogens is 267 g/mol. The number of hydrogen-bond donors (Lipinski definition) is 1. The quantitative estimate of drug-likeness (QED) is 0.488. The van der Waals surface area contributed by atoms with Crippen LogP contribution in [-0.4, -0.2) is 32.2 Å². The number of ether oxygens (including phenoxy) is 3. The molecule has 0 aliphatic heterocycles. The minimum Gasteiger partial charge on any atom is -0.480 e. The highest BCUT2D eigenvalue weighted by molar-refractivity contribution is 5.71. The zero-order chi connectivity index (χ0) is 14.3. The average molecular weight is 279 g/mol. The number of nitrogens with two attached hydrogens (primary N) is 1. The molecule has 0 aliphatic rings. The Kier molecular flexibility index (Phi) is 5.43. The molecule has 0 bridgehead atoms. The van der Waals surface area contributed by atoms with E-state index < -0.39 is 32.2 Å². The number of rotatable bonds is 6. The number of nitrogen functional groups attached to an aromatic ring is 1. The number of alkyl halides is 3. The molecule has 0 aromatic heterocycles. The standard InChI is InChI=1S/C11H12F3NO4/c12-11(13,14)19-6-5-17-10(16)7-18-9-4-2-1-3-8(9)15/h1-4H,5-7,15H2. The monoisotopic (exact) mass is 279 g/mol. The highest BCUT2D eigenvalue weighted by Crippen LogP contribution is 2.19. The number of carbonyl (C=O) groups excluding carboxylic acids is 1. The SMILES string of the molecule is Nc1ccccc1OCC(=O)OCCOC(F)(F)F. The molecule has 0 amide bonds. The number of esters is 1. The summed E-state index contributed by atoms with van der Waals surface area (Å²) in [5, 5.41) is 0. The van der Waals surface area contributed by atoms with Gasteiger partial charge in [0.15, 0.2) is 6.61 Å². The van der Waals surface area contributed by atoms with Crippen molar-refractivity contribution in [1.29, 1.82) is 0 Å². The molecule has 1 aromatic carbocycles. The fourth-order valence-corrected chi connectivity index (χ4v) is 1.10. The molecule has 8 heteroatoms. The van der Waals surface area contributed by atoms with E-state index >= 15 is 0 Å². The maximum absolute atomic E-state index is 11.6. The molecular formula is C11H12F3NO4. The summed E-state index contributed by atoms with van der Waals surface area (Å²) < 4.78 is 47.7. The van der Waals surface area contributed by atoms with Gasteiger partial charge in [0.25, 0.3) is 0 Å². The number of hydrogen-bond acceptors (Lipinski definition) is 5. The molecule has 19 heavy (non-hydrogen) atoms. The fraction of sp³-hybridized carbons (Fsp3) is 0.364. The Labute approximate surface area is 107 Å². The van der Waals surface area contributed by atoms with E-state index in [9.17, 15) is 18.0 Å². The first-order chi connectivity index (χ1) is 8.88. The molecule has 0 unspecified atom stereocenters. The lowest BCUT2D eigenvalue weighted by Gasteiger charge is -2.09. The van der Waals surface area contributed by atoms with Crippen LogP contribution >= 0.6 is 0 Å². The highest BCUT2D eigenvalue weighted by Gasteiger charge is 2.28. The number of benzene rings is 1. The van der Waals surface area contributed by atoms with Crippen LogP contribution in [0.5, 0.6) is 5.75 Å². The number of carbonyl (C=O) groups is 1. The smallest absolute Gasteiger partial charge is 0.480 e. The minimum atomic E-state index is -4.73. The maximum Gasteiger partial charge on any atom is 0.522 e. The van der Waals surface area contributed by atoms with E-state index in [1.807, 2.05) is 0 Å². The van der Waals surface area contributed by atoms with Crippen LogP contribution in [0, 0.1) is 0 Å². The molecule has 0 aliphatic carbocycles. The summed E-state index contributed by atoms with van der Waals surface area (Å²) in [7, 11) is 0. The first kappa shape index (κ1) is 15.1. The van der Waals surface area contributed by atoms with Gasteiger partial charge in [0.1, 0.15) is 12.4 Å². The van der Waals surface area contributed by atoms with E-state index in [1.165, 1.54) is 0 Å². The van der Waals surface area contributed by atoms with E-state index in [0.29, 0.717) is 11.4 Å². The summed E-state index contributed by atoms with van der Waals surface area (Å²) >= 11 is 0. The van der Waals surface area contributed by atoms with Gasteiger partial charge in [-0.3, -0.25) is 4.74 Å². The van der Waals surface area contributed by atoms with Crippen molar-refractivity contribution in [3.05, 3.63) is 24.3 Å². The van der Waals surface area contributed by atoms with Crippen LogP contribution in [0.1, 0.15) is 0 Å². The molecule has 106 valence electrons. The summed E-state index contributed by atoms with van der Waals surface area (Å²) in [4.78, 5) is 11.1. The Morgan fingerprint density at radius 3 is 2.53 bits per heavy atom. The molecule has 0 atom stereocenters. The van der Waals surface area contributed by atoms with E-state index in [1.54, 1.807) is 24.3 Å². The van der Waals surface area contributed by atoms with Gasteiger partial charge >= 0.3 is 12.3 Å². The number of anilines is 1. The summed E-state index contributed by atoms with van der Waals surface area (Å²) in [6, 6.07) is 6.48. The van der Waals surface area contributed by atoms with Crippen molar-refractivity contribution in [2.75, 3.05) is 25.6 Å². The number of halogens is 3. The Balaban J connectivity index is 2.20. The Hall–Kier alpha value is -1.96. The van der Waals surface area contributed by atoms with Crippen molar-refractivity contribution >= 4 is 11.7 Å². The van der Waals surface area contributed by atoms with Crippen LogP contribution in [-0.2, 0) is 14.3 Å². The molecule has 5 nitrogen and oxygen atoms in total. The van der Waals surface area contributed by atoms with Gasteiger partial charge in [0, 0.05) is 0 Å². The molecule has 0 spiro atoms. The summed E-state index contributed by atoms with van der Waals surface area (Å²) in [6.45, 7) is -1.71. The first-order valence-electron chi connectivity index (χ1n) is 5.22. The zero-order valence-corrected chi connectivity index (χ0v) is 9.77. The van der Waals surface area contributed by atoms with E-state index in [4.69, 9.17) is 10.5 Å². The first-order valence-corrected chi connectivity index (χ1v) is 5.22. The maximum atomic E-state index is 11.6. The van der Waals surface area contributed by atoms with Gasteiger partial charge in [-0.05, 0) is 12.1 Å². The lowest BCUT2D eigenvalue weighted by Crippen LogP contribution is -2.21. The van der Waals surface area contributed by atoms with Crippen molar-refractivity contribution in [3.63, 3.8) is 0 Å². The van der Waals surface area contributed by atoms with Gasteiger partial charge in [0.05, 0.1) is 12.3 Å². The topological polar surface area (TPSA) is 70.8 Å². The van der Waals surface area contributed by atoms with E-state index in [0.717, 1.165) is 0 Å². The Bertz CT molecular complexity index is 423. The normalized spacial score (nSPS) is 11.1. The molecule has 1 aromatic rings. The predicted molar refractivity (Wildman–Crippen MR) is 59.3 cm³/mol. The summed E-state index contributed by atoms with van der Waals surface area (Å²) in [6.07, 6.45) is -4.73. The van der Waals surface area contributed by atoms with Crippen molar-refractivity contribution in [2.24, 2.45) is 0 Å². The molecule has 0 heterocycles. The second-order valence-electron chi connectivity index (χ2n) is 3.34. The van der Waals surface area contributed by atoms with Crippen LogP contribution in [0.4, 0.5) is 18.9 Å². The van der Waals surface area contributed by atoms with Crippen molar-refractivity contribution in [3.8, 4) is 5.75 Å². The number of para-hydroxylation sites is 2. The predicted octanol–water partition coefficient (Wildman–Crippen LogP) is 1.73. The fourth-order valence-electron chi connectivity index (χ4n) is 1.10. The lowest BCUT2D eigenvalue weighted by atomic mass is 10.3. The van der Waals surface area contributed by atoms with Crippen LogP contribution in [0.15, 0.2) is 24.3 Å². The third-order valence-electron chi connectivity index (χ3n) is 1.88. The molecule has 0 saturated carbocycles. The summed E-state index contributed by atoms with van der Waals surface area (Å²) in [5.41, 5.74) is 5.90. The van der Waals surface area contributed by atoms with Gasteiger partial charge in [-0.2, -0.15) is 0 Å². The van der Waals surface area contributed by atoms with Gasteiger partial charge in [-0.15, -0.1) is 13.2 Å². The molecule has 2 N–H and O–H groups in total. The van der Waals surface area contributed by atoms with Crippen molar-refractivity contribution in [1.82, 2.24) is 0 Å². The highest BCUT2D eigenvalue weighted by atomic mass is 19.4. The third kappa shape index (κ3) is 6.51. The van der Waals surface area contributed by atoms with Gasteiger partial charge in [0.2, 0.25) is 0 Å².